The minimum absolute atomic E-state index is 0.394. The summed E-state index contributed by atoms with van der Waals surface area (Å²) in [5.74, 6) is 0. The third kappa shape index (κ3) is 1.34. The van der Waals surface area contributed by atoms with Crippen LogP contribution in [0.15, 0.2) is 42.5 Å². The second-order valence-electron chi connectivity index (χ2n) is 3.55. The molecule has 1 aromatic heterocycles. The summed E-state index contributed by atoms with van der Waals surface area (Å²) < 4.78 is 2.29. The topological polar surface area (TPSA) is 17.1 Å². The summed E-state index contributed by atoms with van der Waals surface area (Å²) in [6, 6.07) is 13.7. The van der Waals surface area contributed by atoms with Gasteiger partial charge in [-0.15, -0.1) is 11.3 Å². The smallest absolute Gasteiger partial charge is 0.253 e. The SMILES string of the molecule is O=C(Cl)c1cccc2sc3ccccc3c12. The van der Waals surface area contributed by atoms with Gasteiger partial charge in [0.15, 0.2) is 0 Å². The Morgan fingerprint density at radius 2 is 1.75 bits per heavy atom. The molecule has 0 aliphatic heterocycles. The third-order valence-electron chi connectivity index (χ3n) is 2.61. The summed E-state index contributed by atoms with van der Waals surface area (Å²) >= 11 is 7.29. The number of fused-ring (bicyclic) bond motifs is 3. The number of halogens is 1. The van der Waals surface area contributed by atoms with E-state index < -0.39 is 5.24 Å². The maximum Gasteiger partial charge on any atom is 0.253 e. The van der Waals surface area contributed by atoms with Crippen molar-refractivity contribution < 1.29 is 4.79 Å². The molecule has 0 atom stereocenters. The van der Waals surface area contributed by atoms with Crippen molar-refractivity contribution in [1.29, 1.82) is 0 Å². The molecule has 16 heavy (non-hydrogen) atoms. The van der Waals surface area contributed by atoms with Crippen molar-refractivity contribution in [2.75, 3.05) is 0 Å². The lowest BCUT2D eigenvalue weighted by atomic mass is 10.1. The van der Waals surface area contributed by atoms with Gasteiger partial charge >= 0.3 is 0 Å². The van der Waals surface area contributed by atoms with Crippen molar-refractivity contribution in [3.05, 3.63) is 48.0 Å². The van der Waals surface area contributed by atoms with Crippen LogP contribution in [-0.4, -0.2) is 5.24 Å². The van der Waals surface area contributed by atoms with E-state index in [0.29, 0.717) is 5.56 Å². The molecule has 3 heteroatoms. The lowest BCUT2D eigenvalue weighted by molar-refractivity contribution is 0.108. The van der Waals surface area contributed by atoms with Crippen LogP contribution in [0.1, 0.15) is 10.4 Å². The molecule has 3 rings (SSSR count). The third-order valence-corrected chi connectivity index (χ3v) is 3.95. The fourth-order valence-corrected chi connectivity index (χ4v) is 3.23. The van der Waals surface area contributed by atoms with Crippen LogP contribution in [-0.2, 0) is 0 Å². The molecule has 0 aliphatic carbocycles. The molecule has 0 saturated heterocycles. The number of carbonyl (C=O) groups is 1. The van der Waals surface area contributed by atoms with Crippen molar-refractivity contribution in [3.8, 4) is 0 Å². The Morgan fingerprint density at radius 1 is 1.00 bits per heavy atom. The highest BCUT2D eigenvalue weighted by Gasteiger charge is 2.12. The van der Waals surface area contributed by atoms with E-state index in [1.165, 1.54) is 4.70 Å². The summed E-state index contributed by atoms with van der Waals surface area (Å²) in [5.41, 5.74) is 0.594. The van der Waals surface area contributed by atoms with Gasteiger partial charge in [-0.1, -0.05) is 24.3 Å². The Kier molecular flexibility index (Phi) is 2.20. The van der Waals surface area contributed by atoms with E-state index in [1.807, 2.05) is 30.3 Å². The van der Waals surface area contributed by atoms with Gasteiger partial charge in [0.1, 0.15) is 0 Å². The Bertz CT molecular complexity index is 699. The normalized spacial score (nSPS) is 11.1. The molecule has 1 nitrogen and oxygen atoms in total. The summed E-state index contributed by atoms with van der Waals surface area (Å²) in [4.78, 5) is 11.4. The molecule has 2 aromatic carbocycles. The monoisotopic (exact) mass is 246 g/mol. The number of thiophene rings is 1. The molecular formula is C13H7ClOS. The molecular weight excluding hydrogens is 240 g/mol. The molecule has 0 saturated carbocycles. The highest BCUT2D eigenvalue weighted by molar-refractivity contribution is 7.25. The van der Waals surface area contributed by atoms with Crippen LogP contribution in [0, 0.1) is 0 Å². The first-order chi connectivity index (χ1) is 7.77. The average Bonchev–Trinajstić information content (AvgIpc) is 2.66. The Hall–Kier alpha value is -1.38. The zero-order valence-electron chi connectivity index (χ0n) is 8.24. The molecule has 78 valence electrons. The molecule has 0 fully saturated rings. The number of hydrogen-bond donors (Lipinski definition) is 0. The Morgan fingerprint density at radius 3 is 2.56 bits per heavy atom. The lowest BCUT2D eigenvalue weighted by Gasteiger charge is -1.97. The van der Waals surface area contributed by atoms with Gasteiger partial charge in [0.05, 0.1) is 0 Å². The van der Waals surface area contributed by atoms with Gasteiger partial charge in [-0.25, -0.2) is 0 Å². The molecule has 3 aromatic rings. The van der Waals surface area contributed by atoms with E-state index >= 15 is 0 Å². The number of carbonyl (C=O) groups excluding carboxylic acids is 1. The standard InChI is InChI=1S/C13H7ClOS/c14-13(15)9-5-3-7-11-12(9)8-4-1-2-6-10(8)16-11/h1-7H. The van der Waals surface area contributed by atoms with E-state index in [4.69, 9.17) is 11.6 Å². The van der Waals surface area contributed by atoms with Gasteiger partial charge in [0.25, 0.3) is 5.24 Å². The van der Waals surface area contributed by atoms with Crippen LogP contribution in [0.4, 0.5) is 0 Å². The van der Waals surface area contributed by atoms with Crippen LogP contribution < -0.4 is 0 Å². The van der Waals surface area contributed by atoms with E-state index in [-0.39, 0.29) is 0 Å². The minimum atomic E-state index is -0.394. The van der Waals surface area contributed by atoms with Crippen LogP contribution >= 0.6 is 22.9 Å². The summed E-state index contributed by atoms with van der Waals surface area (Å²) in [6.45, 7) is 0. The number of rotatable bonds is 1. The fourth-order valence-electron chi connectivity index (χ4n) is 1.94. The molecule has 0 spiro atoms. The van der Waals surface area contributed by atoms with Crippen LogP contribution in [0.2, 0.25) is 0 Å². The molecule has 0 radical (unpaired) electrons. The molecule has 0 amide bonds. The largest absolute Gasteiger partial charge is 0.276 e. The second kappa shape index (κ2) is 3.58. The highest BCUT2D eigenvalue weighted by atomic mass is 35.5. The van der Waals surface area contributed by atoms with E-state index in [9.17, 15) is 4.79 Å². The van der Waals surface area contributed by atoms with Gasteiger partial charge < -0.3 is 0 Å². The second-order valence-corrected chi connectivity index (χ2v) is 4.98. The summed E-state index contributed by atoms with van der Waals surface area (Å²) in [7, 11) is 0. The van der Waals surface area contributed by atoms with Crippen molar-refractivity contribution >= 4 is 48.4 Å². The van der Waals surface area contributed by atoms with Crippen molar-refractivity contribution in [2.45, 2.75) is 0 Å². The first kappa shape index (κ1) is 9.82. The average molecular weight is 247 g/mol. The van der Waals surface area contributed by atoms with Crippen LogP contribution in [0.5, 0.6) is 0 Å². The fraction of sp³-hybridized carbons (Fsp3) is 0. The first-order valence-electron chi connectivity index (χ1n) is 4.87. The van der Waals surface area contributed by atoms with Crippen LogP contribution in [0.25, 0.3) is 20.2 Å². The summed E-state index contributed by atoms with van der Waals surface area (Å²) in [6.07, 6.45) is 0. The lowest BCUT2D eigenvalue weighted by Crippen LogP contribution is -1.88. The van der Waals surface area contributed by atoms with Gasteiger partial charge in [-0.3, -0.25) is 4.79 Å². The maximum atomic E-state index is 11.4. The highest BCUT2D eigenvalue weighted by Crippen LogP contribution is 2.36. The molecule has 0 N–H and O–H groups in total. The predicted octanol–water partition coefficient (Wildman–Crippen LogP) is 4.43. The van der Waals surface area contributed by atoms with E-state index in [2.05, 4.69) is 6.07 Å². The quantitative estimate of drug-likeness (QED) is 0.581. The van der Waals surface area contributed by atoms with Gasteiger partial charge in [0.2, 0.25) is 0 Å². The molecule has 1 heterocycles. The molecule has 0 unspecified atom stereocenters. The minimum Gasteiger partial charge on any atom is -0.276 e. The van der Waals surface area contributed by atoms with Crippen LogP contribution in [0.3, 0.4) is 0 Å². The van der Waals surface area contributed by atoms with E-state index in [0.717, 1.165) is 15.5 Å². The Labute approximate surface area is 101 Å². The predicted molar refractivity (Wildman–Crippen MR) is 69.5 cm³/mol. The van der Waals surface area contributed by atoms with Gasteiger partial charge in [-0.2, -0.15) is 0 Å². The van der Waals surface area contributed by atoms with Crippen molar-refractivity contribution in [2.24, 2.45) is 0 Å². The van der Waals surface area contributed by atoms with E-state index in [1.54, 1.807) is 17.4 Å². The maximum absolute atomic E-state index is 11.4. The zero-order valence-corrected chi connectivity index (χ0v) is 9.81. The van der Waals surface area contributed by atoms with Gasteiger partial charge in [0, 0.05) is 25.7 Å². The first-order valence-corrected chi connectivity index (χ1v) is 6.07. The number of benzene rings is 2. The molecule has 0 aliphatic rings. The summed E-state index contributed by atoms with van der Waals surface area (Å²) in [5, 5.41) is 1.68. The number of hydrogen-bond acceptors (Lipinski definition) is 2. The van der Waals surface area contributed by atoms with Gasteiger partial charge in [-0.05, 0) is 29.8 Å². The zero-order chi connectivity index (χ0) is 11.1. The van der Waals surface area contributed by atoms with Crippen molar-refractivity contribution in [1.82, 2.24) is 0 Å². The molecule has 0 bridgehead atoms. The Balaban J connectivity index is 2.57. The van der Waals surface area contributed by atoms with Crippen molar-refractivity contribution in [3.63, 3.8) is 0 Å².